The molecule has 26 heavy (non-hydrogen) atoms. The molecule has 0 radical (unpaired) electrons. The Morgan fingerprint density at radius 1 is 1.27 bits per heavy atom. The molecule has 2 aromatic rings. The molecule has 0 aliphatic carbocycles. The number of rotatable bonds is 5. The van der Waals surface area contributed by atoms with Gasteiger partial charge in [0.1, 0.15) is 24.0 Å². The normalized spacial score (nSPS) is 10.7. The first kappa shape index (κ1) is 19.5. The molecule has 3 amide bonds. The summed E-state index contributed by atoms with van der Waals surface area (Å²) in [6, 6.07) is 13.0. The van der Waals surface area contributed by atoms with Crippen molar-refractivity contribution >= 4 is 45.5 Å². The molecule has 0 atom stereocenters. The van der Waals surface area contributed by atoms with Gasteiger partial charge in [0.2, 0.25) is 0 Å². The Bertz CT molecular complexity index is 905. The molecule has 2 aromatic carbocycles. The second kappa shape index (κ2) is 9.04. The number of halogens is 2. The molecule has 0 bridgehead atoms. The van der Waals surface area contributed by atoms with Gasteiger partial charge in [-0.25, -0.2) is 4.79 Å². The van der Waals surface area contributed by atoms with Crippen molar-refractivity contribution in [3.8, 4) is 11.8 Å². The summed E-state index contributed by atoms with van der Waals surface area (Å²) in [6.07, 6.45) is 1.32. The SMILES string of the molecule is N#C/C(=C/c1cc(Br)ccc1OCc1ccc(Cl)cc1)C(=O)NC(N)=O. The van der Waals surface area contributed by atoms with Crippen LogP contribution in [-0.4, -0.2) is 11.9 Å². The highest BCUT2D eigenvalue weighted by Crippen LogP contribution is 2.26. The van der Waals surface area contributed by atoms with Gasteiger partial charge in [0.05, 0.1) is 0 Å². The standard InChI is InChI=1S/C18H13BrClN3O3/c19-14-3-6-16(26-10-11-1-4-15(20)5-2-11)12(8-14)7-13(9-21)17(24)23-18(22)25/h1-8H,10H2,(H3,22,23,24,25)/b13-7-. The average Bonchev–Trinajstić information content (AvgIpc) is 2.59. The van der Waals surface area contributed by atoms with Crippen LogP contribution in [0.15, 0.2) is 52.5 Å². The van der Waals surface area contributed by atoms with E-state index in [1.165, 1.54) is 6.08 Å². The van der Waals surface area contributed by atoms with Crippen LogP contribution in [0.4, 0.5) is 4.79 Å². The number of ether oxygens (including phenoxy) is 1. The smallest absolute Gasteiger partial charge is 0.319 e. The van der Waals surface area contributed by atoms with Crippen LogP contribution in [-0.2, 0) is 11.4 Å². The molecule has 8 heteroatoms. The summed E-state index contributed by atoms with van der Waals surface area (Å²) in [5.41, 5.74) is 6.02. The third-order valence-electron chi connectivity index (χ3n) is 3.18. The molecule has 3 N–H and O–H groups in total. The van der Waals surface area contributed by atoms with Crippen LogP contribution in [0.25, 0.3) is 6.08 Å². The minimum Gasteiger partial charge on any atom is -0.488 e. The number of benzene rings is 2. The minimum absolute atomic E-state index is 0.273. The number of nitriles is 1. The van der Waals surface area contributed by atoms with Gasteiger partial charge in [-0.15, -0.1) is 0 Å². The molecular formula is C18H13BrClN3O3. The van der Waals surface area contributed by atoms with E-state index in [0.29, 0.717) is 16.3 Å². The zero-order valence-corrected chi connectivity index (χ0v) is 15.7. The largest absolute Gasteiger partial charge is 0.488 e. The fourth-order valence-electron chi connectivity index (χ4n) is 1.99. The van der Waals surface area contributed by atoms with Crippen LogP contribution in [0.5, 0.6) is 5.75 Å². The van der Waals surface area contributed by atoms with Gasteiger partial charge in [0.15, 0.2) is 0 Å². The molecule has 0 aliphatic heterocycles. The predicted octanol–water partition coefficient (Wildman–Crippen LogP) is 3.78. The Balaban J connectivity index is 2.27. The van der Waals surface area contributed by atoms with Crippen molar-refractivity contribution in [2.75, 3.05) is 0 Å². The summed E-state index contributed by atoms with van der Waals surface area (Å²) in [5, 5.41) is 11.6. The Hall–Kier alpha value is -2.82. The maximum atomic E-state index is 11.8. The van der Waals surface area contributed by atoms with Crippen LogP contribution in [0.2, 0.25) is 5.02 Å². The Morgan fingerprint density at radius 3 is 2.58 bits per heavy atom. The summed E-state index contributed by atoms with van der Waals surface area (Å²) >= 11 is 9.19. The summed E-state index contributed by atoms with van der Waals surface area (Å²) in [5.74, 6) is -0.425. The molecule has 0 heterocycles. The Kier molecular flexibility index (Phi) is 6.78. The van der Waals surface area contributed by atoms with Crippen molar-refractivity contribution in [1.82, 2.24) is 5.32 Å². The number of nitrogens with zero attached hydrogens (tertiary/aromatic N) is 1. The third kappa shape index (κ3) is 5.62. The summed E-state index contributed by atoms with van der Waals surface area (Å²) in [7, 11) is 0. The molecular weight excluding hydrogens is 422 g/mol. The molecule has 0 fully saturated rings. The van der Waals surface area contributed by atoms with Crippen LogP contribution >= 0.6 is 27.5 Å². The van der Waals surface area contributed by atoms with Gasteiger partial charge in [0, 0.05) is 15.1 Å². The van der Waals surface area contributed by atoms with E-state index in [2.05, 4.69) is 15.9 Å². The van der Waals surface area contributed by atoms with E-state index in [1.807, 2.05) is 17.4 Å². The first-order chi connectivity index (χ1) is 12.4. The van der Waals surface area contributed by atoms with E-state index >= 15 is 0 Å². The number of nitrogens with two attached hydrogens (primary N) is 1. The van der Waals surface area contributed by atoms with Gasteiger partial charge in [0.25, 0.3) is 5.91 Å². The third-order valence-corrected chi connectivity index (χ3v) is 3.93. The number of carbonyl (C=O) groups excluding carboxylic acids is 2. The van der Waals surface area contributed by atoms with Crippen molar-refractivity contribution in [3.63, 3.8) is 0 Å². The van der Waals surface area contributed by atoms with Crippen molar-refractivity contribution < 1.29 is 14.3 Å². The highest BCUT2D eigenvalue weighted by molar-refractivity contribution is 9.10. The van der Waals surface area contributed by atoms with Gasteiger partial charge >= 0.3 is 6.03 Å². The molecule has 0 saturated carbocycles. The van der Waals surface area contributed by atoms with Gasteiger partial charge in [-0.2, -0.15) is 5.26 Å². The fourth-order valence-corrected chi connectivity index (χ4v) is 2.49. The van der Waals surface area contributed by atoms with E-state index < -0.39 is 11.9 Å². The fraction of sp³-hybridized carbons (Fsp3) is 0.0556. The summed E-state index contributed by atoms with van der Waals surface area (Å²) in [6.45, 7) is 0.273. The monoisotopic (exact) mass is 433 g/mol. The number of nitrogens with one attached hydrogen (secondary N) is 1. The van der Waals surface area contributed by atoms with E-state index in [-0.39, 0.29) is 12.2 Å². The lowest BCUT2D eigenvalue weighted by atomic mass is 10.1. The van der Waals surface area contributed by atoms with Gasteiger partial charge in [-0.05, 0) is 42.0 Å². The van der Waals surface area contributed by atoms with Crippen molar-refractivity contribution in [2.24, 2.45) is 5.73 Å². The zero-order chi connectivity index (χ0) is 19.1. The van der Waals surface area contributed by atoms with E-state index in [9.17, 15) is 9.59 Å². The minimum atomic E-state index is -1.04. The van der Waals surface area contributed by atoms with Crippen molar-refractivity contribution in [2.45, 2.75) is 6.61 Å². The molecule has 0 spiro atoms. The van der Waals surface area contributed by atoms with Crippen LogP contribution in [0, 0.1) is 11.3 Å². The number of carbonyl (C=O) groups is 2. The highest BCUT2D eigenvalue weighted by atomic mass is 79.9. The Morgan fingerprint density at radius 2 is 1.96 bits per heavy atom. The first-order valence-corrected chi connectivity index (χ1v) is 8.45. The number of primary amides is 1. The van der Waals surface area contributed by atoms with Crippen LogP contribution in [0.1, 0.15) is 11.1 Å². The molecule has 0 aliphatic rings. The summed E-state index contributed by atoms with van der Waals surface area (Å²) in [4.78, 5) is 22.6. The maximum absolute atomic E-state index is 11.8. The molecule has 6 nitrogen and oxygen atoms in total. The van der Waals surface area contributed by atoms with E-state index in [4.69, 9.17) is 27.3 Å². The number of hydrogen-bond donors (Lipinski definition) is 2. The molecule has 0 unspecified atom stereocenters. The maximum Gasteiger partial charge on any atom is 0.319 e. The first-order valence-electron chi connectivity index (χ1n) is 7.28. The zero-order valence-electron chi connectivity index (χ0n) is 13.3. The summed E-state index contributed by atoms with van der Waals surface area (Å²) < 4.78 is 6.51. The molecule has 0 aromatic heterocycles. The molecule has 0 saturated heterocycles. The number of amides is 3. The average molecular weight is 435 g/mol. The number of urea groups is 1. The van der Waals surface area contributed by atoms with E-state index in [1.54, 1.807) is 36.4 Å². The second-order valence-corrected chi connectivity index (χ2v) is 6.44. The van der Waals surface area contributed by atoms with Crippen molar-refractivity contribution in [3.05, 3.63) is 68.7 Å². The van der Waals surface area contributed by atoms with Gasteiger partial charge in [-0.3, -0.25) is 10.1 Å². The quantitative estimate of drug-likeness (QED) is 0.552. The topological polar surface area (TPSA) is 105 Å². The van der Waals surface area contributed by atoms with Crippen molar-refractivity contribution in [1.29, 1.82) is 5.26 Å². The van der Waals surface area contributed by atoms with Crippen LogP contribution in [0.3, 0.4) is 0 Å². The predicted molar refractivity (Wildman–Crippen MR) is 101 cm³/mol. The number of imide groups is 1. The molecule has 2 rings (SSSR count). The lowest BCUT2D eigenvalue weighted by Crippen LogP contribution is -2.35. The second-order valence-electron chi connectivity index (χ2n) is 5.09. The van der Waals surface area contributed by atoms with Crippen LogP contribution < -0.4 is 15.8 Å². The number of hydrogen-bond acceptors (Lipinski definition) is 4. The van der Waals surface area contributed by atoms with Gasteiger partial charge in [-0.1, -0.05) is 39.7 Å². The van der Waals surface area contributed by atoms with E-state index in [0.717, 1.165) is 10.0 Å². The highest BCUT2D eigenvalue weighted by Gasteiger charge is 2.13. The van der Waals surface area contributed by atoms with Gasteiger partial charge < -0.3 is 10.5 Å². The molecule has 132 valence electrons. The lowest BCUT2D eigenvalue weighted by Gasteiger charge is -2.10. The lowest BCUT2D eigenvalue weighted by molar-refractivity contribution is -0.115. The Labute approximate surface area is 163 Å².